The van der Waals surface area contributed by atoms with Crippen LogP contribution in [0.1, 0.15) is 26.7 Å². The number of aldehydes is 1. The van der Waals surface area contributed by atoms with Crippen LogP contribution in [0, 0.1) is 17.8 Å². The number of aliphatic carboxylic acids is 1. The second kappa shape index (κ2) is 8.54. The Bertz CT molecular complexity index is 604. The van der Waals surface area contributed by atoms with E-state index in [2.05, 4.69) is 5.32 Å². The maximum atomic E-state index is 12.1. The quantitative estimate of drug-likeness (QED) is 0.556. The molecule has 0 radical (unpaired) electrons. The average Bonchev–Trinajstić information content (AvgIpc) is 3.14. The molecule has 1 saturated heterocycles. The number of hydrogen-bond donors (Lipinski definition) is 3. The van der Waals surface area contributed by atoms with Crippen LogP contribution in [0.15, 0.2) is 10.5 Å². The van der Waals surface area contributed by atoms with Crippen LogP contribution < -0.4 is 5.32 Å². The zero-order valence-corrected chi connectivity index (χ0v) is 16.5. The summed E-state index contributed by atoms with van der Waals surface area (Å²) in [5, 5.41) is 22.8. The maximum Gasteiger partial charge on any atom is 0.332 e. The van der Waals surface area contributed by atoms with Crippen molar-refractivity contribution >= 4 is 29.9 Å². The highest BCUT2D eigenvalue weighted by atomic mass is 32.2. The summed E-state index contributed by atoms with van der Waals surface area (Å²) in [6, 6.07) is -0.246. The minimum atomic E-state index is -0.969. The number of carboxylic acid groups (broad SMARTS) is 1. The van der Waals surface area contributed by atoms with Crippen LogP contribution in [0.2, 0.25) is 0 Å². The molecule has 0 saturated carbocycles. The Morgan fingerprint density at radius 3 is 2.54 bits per heavy atom. The lowest BCUT2D eigenvalue weighted by Crippen LogP contribution is -2.39. The second-order valence-corrected chi connectivity index (χ2v) is 8.77. The molecule has 0 spiro atoms. The first-order valence-corrected chi connectivity index (χ1v) is 9.76. The number of carbonyl (C=O) groups is 3. The van der Waals surface area contributed by atoms with Gasteiger partial charge in [-0.15, -0.1) is 11.8 Å². The number of nitrogens with one attached hydrogen (secondary N) is 1. The minimum absolute atomic E-state index is 0.0213. The van der Waals surface area contributed by atoms with E-state index in [0.717, 1.165) is 11.2 Å². The van der Waals surface area contributed by atoms with Crippen LogP contribution in [0.4, 0.5) is 0 Å². The van der Waals surface area contributed by atoms with Crippen LogP contribution in [0.5, 0.6) is 0 Å². The van der Waals surface area contributed by atoms with Gasteiger partial charge in [0.05, 0.1) is 12.1 Å². The highest BCUT2D eigenvalue weighted by Crippen LogP contribution is 2.48. The molecule has 0 aromatic rings. The molecule has 1 aliphatic heterocycles. The predicted octanol–water partition coefficient (Wildman–Crippen LogP) is 0.729. The molecular weight excluding hydrogens is 356 g/mol. The molecule has 146 valence electrons. The molecule has 1 heterocycles. The van der Waals surface area contributed by atoms with E-state index >= 15 is 0 Å². The van der Waals surface area contributed by atoms with Crippen LogP contribution in [-0.4, -0.2) is 71.3 Å². The average molecular weight is 384 g/mol. The van der Waals surface area contributed by atoms with Gasteiger partial charge in [0, 0.05) is 37.4 Å². The minimum Gasteiger partial charge on any atom is -0.478 e. The van der Waals surface area contributed by atoms with E-state index in [1.807, 2.05) is 6.92 Å². The Labute approximate surface area is 158 Å². The van der Waals surface area contributed by atoms with Gasteiger partial charge in [0.25, 0.3) is 0 Å². The van der Waals surface area contributed by atoms with E-state index in [4.69, 9.17) is 0 Å². The first kappa shape index (κ1) is 20.9. The van der Waals surface area contributed by atoms with Gasteiger partial charge in [0.1, 0.15) is 6.29 Å². The summed E-state index contributed by atoms with van der Waals surface area (Å²) in [5.41, 5.74) is 0.336. The van der Waals surface area contributed by atoms with Gasteiger partial charge in [-0.25, -0.2) is 4.79 Å². The standard InChI is InChI=1S/C18H28N2O5S/c1-9-12(14(8-21)10(2)22)6-13(18(24)25)16(9)26-11-5-15(19-7-11)17(23)20(3)4/h8-12,14-15,19,22H,5-7H2,1-4H3,(H,24,25)/t9-,10-,11+,12-,14-,15+/m1/s1. The van der Waals surface area contributed by atoms with E-state index < -0.39 is 18.0 Å². The van der Waals surface area contributed by atoms with Crippen LogP contribution in [-0.2, 0) is 14.4 Å². The molecule has 0 bridgehead atoms. The largest absolute Gasteiger partial charge is 0.478 e. The van der Waals surface area contributed by atoms with Gasteiger partial charge in [0.2, 0.25) is 5.91 Å². The predicted molar refractivity (Wildman–Crippen MR) is 99.6 cm³/mol. The van der Waals surface area contributed by atoms with Gasteiger partial charge in [-0.05, 0) is 36.5 Å². The number of aliphatic hydroxyl groups is 1. The van der Waals surface area contributed by atoms with Crippen LogP contribution >= 0.6 is 11.8 Å². The van der Waals surface area contributed by atoms with E-state index in [0.29, 0.717) is 18.5 Å². The number of amides is 1. The summed E-state index contributed by atoms with van der Waals surface area (Å²) in [7, 11) is 3.43. The molecule has 26 heavy (non-hydrogen) atoms. The molecule has 0 aromatic heterocycles. The number of carbonyl (C=O) groups excluding carboxylic acids is 2. The number of likely N-dealkylation sites (N-methyl/N-ethyl adjacent to an activating group) is 1. The maximum absolute atomic E-state index is 12.1. The van der Waals surface area contributed by atoms with Gasteiger partial charge < -0.3 is 25.2 Å². The van der Waals surface area contributed by atoms with Crippen molar-refractivity contribution in [1.29, 1.82) is 0 Å². The van der Waals surface area contributed by atoms with Crippen molar-refractivity contribution in [2.24, 2.45) is 17.8 Å². The van der Waals surface area contributed by atoms with Gasteiger partial charge in [-0.2, -0.15) is 0 Å². The first-order chi connectivity index (χ1) is 12.2. The van der Waals surface area contributed by atoms with Crippen LogP contribution in [0.25, 0.3) is 0 Å². The normalized spacial score (nSPS) is 31.0. The van der Waals surface area contributed by atoms with Crippen molar-refractivity contribution < 1.29 is 24.6 Å². The molecular formula is C18H28N2O5S. The van der Waals surface area contributed by atoms with Crippen molar-refractivity contribution in [3.8, 4) is 0 Å². The third kappa shape index (κ3) is 4.29. The van der Waals surface area contributed by atoms with E-state index in [9.17, 15) is 24.6 Å². The number of allylic oxidation sites excluding steroid dienone is 1. The lowest BCUT2D eigenvalue weighted by atomic mass is 9.82. The fraction of sp³-hybridized carbons (Fsp3) is 0.722. The molecule has 2 aliphatic rings. The second-order valence-electron chi connectivity index (χ2n) is 7.43. The fourth-order valence-corrected chi connectivity index (χ4v) is 5.40. The molecule has 0 unspecified atom stereocenters. The van der Waals surface area contributed by atoms with Gasteiger partial charge >= 0.3 is 5.97 Å². The molecule has 0 aromatic carbocycles. The summed E-state index contributed by atoms with van der Waals surface area (Å²) in [6.07, 6.45) is 0.854. The molecule has 7 nitrogen and oxygen atoms in total. The number of aliphatic hydroxyl groups excluding tert-OH is 1. The molecule has 2 rings (SSSR count). The highest BCUT2D eigenvalue weighted by molar-refractivity contribution is 8.03. The Kier molecular flexibility index (Phi) is 6.87. The zero-order chi connectivity index (χ0) is 19.6. The van der Waals surface area contributed by atoms with Crippen molar-refractivity contribution in [2.75, 3.05) is 20.6 Å². The Morgan fingerprint density at radius 1 is 1.38 bits per heavy atom. The summed E-state index contributed by atoms with van der Waals surface area (Å²) >= 11 is 1.50. The summed E-state index contributed by atoms with van der Waals surface area (Å²) in [4.78, 5) is 37.6. The lowest BCUT2D eigenvalue weighted by molar-refractivity contribution is -0.133. The van der Waals surface area contributed by atoms with Gasteiger partial charge in [-0.1, -0.05) is 6.92 Å². The monoisotopic (exact) mass is 384 g/mol. The molecule has 8 heteroatoms. The Hall–Kier alpha value is -1.38. The number of nitrogens with zero attached hydrogens (tertiary/aromatic N) is 1. The zero-order valence-electron chi connectivity index (χ0n) is 15.6. The van der Waals surface area contributed by atoms with Crippen molar-refractivity contribution in [1.82, 2.24) is 10.2 Å². The molecule has 6 atom stereocenters. The number of rotatable bonds is 7. The summed E-state index contributed by atoms with van der Waals surface area (Å²) in [6.45, 7) is 4.12. The highest BCUT2D eigenvalue weighted by Gasteiger charge is 2.42. The number of carboxylic acids is 1. The van der Waals surface area contributed by atoms with Gasteiger partial charge in [-0.3, -0.25) is 4.79 Å². The van der Waals surface area contributed by atoms with Gasteiger partial charge in [0.15, 0.2) is 0 Å². The van der Waals surface area contributed by atoms with E-state index in [1.165, 1.54) is 11.8 Å². The molecule has 1 aliphatic carbocycles. The molecule has 1 amide bonds. The van der Waals surface area contributed by atoms with Crippen LogP contribution in [0.3, 0.4) is 0 Å². The third-order valence-electron chi connectivity index (χ3n) is 5.38. The molecule has 3 N–H and O–H groups in total. The van der Waals surface area contributed by atoms with E-state index in [1.54, 1.807) is 25.9 Å². The first-order valence-electron chi connectivity index (χ1n) is 8.88. The van der Waals surface area contributed by atoms with Crippen molar-refractivity contribution in [2.45, 2.75) is 44.1 Å². The summed E-state index contributed by atoms with van der Waals surface area (Å²) < 4.78 is 0. The third-order valence-corrected chi connectivity index (χ3v) is 6.95. The smallest absolute Gasteiger partial charge is 0.332 e. The topological polar surface area (TPSA) is 107 Å². The van der Waals surface area contributed by atoms with E-state index in [-0.39, 0.29) is 35.5 Å². The summed E-state index contributed by atoms with van der Waals surface area (Å²) in [5.74, 6) is -1.85. The SMILES string of the molecule is C[C@@H](O)[C@@H](C=O)[C@@H]1CC(C(=O)O)=C(S[C@@H]2CN[C@H](C(=O)N(C)C)C2)[C@@H]1C. The Balaban J connectivity index is 2.13. The fourth-order valence-electron chi connectivity index (χ4n) is 3.87. The lowest BCUT2D eigenvalue weighted by Gasteiger charge is -2.26. The van der Waals surface area contributed by atoms with Crippen molar-refractivity contribution in [3.63, 3.8) is 0 Å². The van der Waals surface area contributed by atoms with Crippen molar-refractivity contribution in [3.05, 3.63) is 10.5 Å². The molecule has 1 fully saturated rings. The number of hydrogen-bond acceptors (Lipinski definition) is 6. The number of thioether (sulfide) groups is 1. The Morgan fingerprint density at radius 2 is 2.04 bits per heavy atom.